The van der Waals surface area contributed by atoms with Crippen LogP contribution in [0, 0.1) is 17.5 Å². The number of hydrogen-bond donors (Lipinski definition) is 2. The van der Waals surface area contributed by atoms with Gasteiger partial charge in [-0.05, 0) is 36.4 Å². The summed E-state index contributed by atoms with van der Waals surface area (Å²) in [4.78, 5) is 23.1. The molecule has 8 heteroatoms. The average Bonchev–Trinajstić information content (AvgIpc) is 2.51. The van der Waals surface area contributed by atoms with Crippen molar-refractivity contribution in [2.75, 3.05) is 6.61 Å². The zero-order chi connectivity index (χ0) is 16.8. The van der Waals surface area contributed by atoms with E-state index in [4.69, 9.17) is 4.74 Å². The Morgan fingerprint density at radius 1 is 0.870 bits per heavy atom. The van der Waals surface area contributed by atoms with Crippen LogP contribution in [-0.2, 0) is 4.79 Å². The van der Waals surface area contributed by atoms with Crippen LogP contribution in [0.2, 0.25) is 0 Å². The van der Waals surface area contributed by atoms with Gasteiger partial charge in [-0.2, -0.15) is 0 Å². The first-order valence-corrected chi connectivity index (χ1v) is 6.37. The molecule has 5 nitrogen and oxygen atoms in total. The lowest BCUT2D eigenvalue weighted by atomic mass is 10.2. The van der Waals surface area contributed by atoms with Gasteiger partial charge in [0, 0.05) is 11.6 Å². The van der Waals surface area contributed by atoms with Gasteiger partial charge in [0.15, 0.2) is 6.61 Å². The fourth-order valence-electron chi connectivity index (χ4n) is 1.60. The molecular weight excluding hydrogens is 313 g/mol. The SMILES string of the molecule is O=C(COc1ccc(F)cc1)NNC(=O)c1cc(F)cc(F)c1. The lowest BCUT2D eigenvalue weighted by molar-refractivity contribution is -0.123. The monoisotopic (exact) mass is 324 g/mol. The maximum absolute atomic E-state index is 13.0. The Morgan fingerprint density at radius 3 is 2.09 bits per heavy atom. The summed E-state index contributed by atoms with van der Waals surface area (Å²) in [5.41, 5.74) is 3.72. The molecule has 0 unspecified atom stereocenters. The number of hydrogen-bond acceptors (Lipinski definition) is 3. The Balaban J connectivity index is 1.81. The number of carbonyl (C=O) groups excluding carboxylic acids is 2. The van der Waals surface area contributed by atoms with Crippen LogP contribution in [0.25, 0.3) is 0 Å². The Kier molecular flexibility index (Phi) is 5.19. The third-order valence-corrected chi connectivity index (χ3v) is 2.62. The van der Waals surface area contributed by atoms with E-state index in [1.54, 1.807) is 0 Å². The van der Waals surface area contributed by atoms with Crippen molar-refractivity contribution in [2.24, 2.45) is 0 Å². The number of amides is 2. The lowest BCUT2D eigenvalue weighted by Gasteiger charge is -2.09. The molecule has 2 amide bonds. The zero-order valence-corrected chi connectivity index (χ0v) is 11.6. The van der Waals surface area contributed by atoms with Gasteiger partial charge in [-0.25, -0.2) is 13.2 Å². The fraction of sp³-hybridized carbons (Fsp3) is 0.0667. The Hall–Kier alpha value is -3.03. The van der Waals surface area contributed by atoms with Crippen molar-refractivity contribution in [1.82, 2.24) is 10.9 Å². The molecule has 0 aliphatic carbocycles. The third-order valence-electron chi connectivity index (χ3n) is 2.62. The zero-order valence-electron chi connectivity index (χ0n) is 11.6. The summed E-state index contributed by atoms with van der Waals surface area (Å²) in [7, 11) is 0. The molecular formula is C15H11F3N2O3. The van der Waals surface area contributed by atoms with Gasteiger partial charge in [-0.15, -0.1) is 0 Å². The average molecular weight is 324 g/mol. The lowest BCUT2D eigenvalue weighted by Crippen LogP contribution is -2.43. The molecule has 0 aliphatic rings. The molecule has 2 rings (SSSR count). The van der Waals surface area contributed by atoms with Gasteiger partial charge in [0.1, 0.15) is 23.2 Å². The number of ether oxygens (including phenoxy) is 1. The Bertz CT molecular complexity index is 700. The van der Waals surface area contributed by atoms with Gasteiger partial charge in [0.2, 0.25) is 0 Å². The van der Waals surface area contributed by atoms with Gasteiger partial charge in [0.05, 0.1) is 0 Å². The molecule has 0 saturated carbocycles. The van der Waals surface area contributed by atoms with Crippen LogP contribution in [-0.4, -0.2) is 18.4 Å². The molecule has 0 fully saturated rings. The first-order chi connectivity index (χ1) is 10.9. The molecule has 0 aliphatic heterocycles. The predicted molar refractivity (Wildman–Crippen MR) is 73.9 cm³/mol. The van der Waals surface area contributed by atoms with Gasteiger partial charge in [0.25, 0.3) is 11.8 Å². The summed E-state index contributed by atoms with van der Waals surface area (Å²) in [6.45, 7) is -0.441. The molecule has 2 aromatic carbocycles. The normalized spacial score (nSPS) is 10.0. The minimum absolute atomic E-state index is 0.264. The minimum atomic E-state index is -0.916. The summed E-state index contributed by atoms with van der Waals surface area (Å²) >= 11 is 0. The second-order valence-electron chi connectivity index (χ2n) is 4.40. The molecule has 0 saturated heterocycles. The maximum atomic E-state index is 13.0. The van der Waals surface area contributed by atoms with E-state index in [1.807, 2.05) is 10.9 Å². The van der Waals surface area contributed by atoms with E-state index in [1.165, 1.54) is 12.1 Å². The van der Waals surface area contributed by atoms with Crippen LogP contribution >= 0.6 is 0 Å². The van der Waals surface area contributed by atoms with E-state index >= 15 is 0 Å². The summed E-state index contributed by atoms with van der Waals surface area (Å²) in [5, 5.41) is 0. The van der Waals surface area contributed by atoms with Crippen molar-refractivity contribution in [1.29, 1.82) is 0 Å². The van der Waals surface area contributed by atoms with Gasteiger partial charge in [-0.1, -0.05) is 0 Å². The van der Waals surface area contributed by atoms with Crippen molar-refractivity contribution in [3.63, 3.8) is 0 Å². The van der Waals surface area contributed by atoms with Crippen LogP contribution in [0.4, 0.5) is 13.2 Å². The van der Waals surface area contributed by atoms with Crippen molar-refractivity contribution in [3.05, 3.63) is 65.5 Å². The van der Waals surface area contributed by atoms with E-state index in [0.717, 1.165) is 24.3 Å². The van der Waals surface area contributed by atoms with Crippen molar-refractivity contribution in [3.8, 4) is 5.75 Å². The number of hydrazine groups is 1. The number of benzene rings is 2. The minimum Gasteiger partial charge on any atom is -0.484 e. The molecule has 0 spiro atoms. The van der Waals surface area contributed by atoms with Crippen LogP contribution in [0.1, 0.15) is 10.4 Å². The molecule has 23 heavy (non-hydrogen) atoms. The summed E-state index contributed by atoms with van der Waals surface area (Å²) in [6.07, 6.45) is 0. The molecule has 2 N–H and O–H groups in total. The summed E-state index contributed by atoms with van der Waals surface area (Å²) in [6, 6.07) is 7.24. The van der Waals surface area contributed by atoms with Gasteiger partial charge < -0.3 is 4.74 Å². The van der Waals surface area contributed by atoms with Crippen molar-refractivity contribution < 1.29 is 27.5 Å². The van der Waals surface area contributed by atoms with Crippen LogP contribution in [0.15, 0.2) is 42.5 Å². The molecule has 0 bridgehead atoms. The summed E-state index contributed by atoms with van der Waals surface area (Å²) in [5.74, 6) is -3.61. The third kappa shape index (κ3) is 5.03. The fourth-order valence-corrected chi connectivity index (χ4v) is 1.60. The quantitative estimate of drug-likeness (QED) is 0.845. The largest absolute Gasteiger partial charge is 0.484 e. The first-order valence-electron chi connectivity index (χ1n) is 6.37. The first kappa shape index (κ1) is 16.3. The Labute approximate surface area is 129 Å². The smallest absolute Gasteiger partial charge is 0.276 e. The predicted octanol–water partition coefficient (Wildman–Crippen LogP) is 1.94. The van der Waals surface area contributed by atoms with Crippen molar-refractivity contribution in [2.45, 2.75) is 0 Å². The van der Waals surface area contributed by atoms with E-state index < -0.39 is 35.9 Å². The second-order valence-corrected chi connectivity index (χ2v) is 4.40. The topological polar surface area (TPSA) is 67.4 Å². The maximum Gasteiger partial charge on any atom is 0.276 e. The highest BCUT2D eigenvalue weighted by molar-refractivity contribution is 5.95. The standard InChI is InChI=1S/C15H11F3N2O3/c16-10-1-3-13(4-2-10)23-8-14(21)19-20-15(22)9-5-11(17)7-12(18)6-9/h1-7H,8H2,(H,19,21)(H,20,22). The molecule has 0 radical (unpaired) electrons. The highest BCUT2D eigenvalue weighted by Gasteiger charge is 2.10. The number of rotatable bonds is 4. The van der Waals surface area contributed by atoms with Crippen LogP contribution < -0.4 is 15.6 Å². The molecule has 0 heterocycles. The number of nitrogens with one attached hydrogen (secondary N) is 2. The van der Waals surface area contributed by atoms with Gasteiger partial charge in [-0.3, -0.25) is 20.4 Å². The van der Waals surface area contributed by atoms with E-state index in [9.17, 15) is 22.8 Å². The molecule has 0 aromatic heterocycles. The molecule has 120 valence electrons. The van der Waals surface area contributed by atoms with Crippen molar-refractivity contribution >= 4 is 11.8 Å². The highest BCUT2D eigenvalue weighted by atomic mass is 19.1. The number of halogens is 3. The van der Waals surface area contributed by atoms with E-state index in [2.05, 4.69) is 0 Å². The van der Waals surface area contributed by atoms with Crippen LogP contribution in [0.5, 0.6) is 5.75 Å². The Morgan fingerprint density at radius 2 is 1.48 bits per heavy atom. The molecule has 2 aromatic rings. The number of carbonyl (C=O) groups is 2. The molecule has 0 atom stereocenters. The highest BCUT2D eigenvalue weighted by Crippen LogP contribution is 2.10. The van der Waals surface area contributed by atoms with Gasteiger partial charge >= 0.3 is 0 Å². The summed E-state index contributed by atoms with van der Waals surface area (Å²) < 4.78 is 43.7. The van der Waals surface area contributed by atoms with E-state index in [-0.39, 0.29) is 11.3 Å². The second kappa shape index (κ2) is 7.30. The van der Waals surface area contributed by atoms with E-state index in [0.29, 0.717) is 6.07 Å². The van der Waals surface area contributed by atoms with Crippen LogP contribution in [0.3, 0.4) is 0 Å².